The molecule has 6 heteroatoms. The first-order chi connectivity index (χ1) is 8.19. The van der Waals surface area contributed by atoms with Crippen molar-refractivity contribution < 1.29 is 4.74 Å². The SMILES string of the molecule is COc1ccc(Cc2cnc(N)nc2N)cn1. The van der Waals surface area contributed by atoms with Crippen LogP contribution in [0.3, 0.4) is 0 Å². The van der Waals surface area contributed by atoms with Gasteiger partial charge in [0.25, 0.3) is 0 Å². The van der Waals surface area contributed by atoms with Gasteiger partial charge < -0.3 is 16.2 Å². The molecule has 4 N–H and O–H groups in total. The summed E-state index contributed by atoms with van der Waals surface area (Å²) in [4.78, 5) is 11.9. The number of hydrogen-bond donors (Lipinski definition) is 2. The second kappa shape index (κ2) is 4.65. The third kappa shape index (κ3) is 2.60. The number of methoxy groups -OCH3 is 1. The van der Waals surface area contributed by atoms with E-state index in [2.05, 4.69) is 15.0 Å². The van der Waals surface area contributed by atoms with E-state index in [-0.39, 0.29) is 5.95 Å². The summed E-state index contributed by atoms with van der Waals surface area (Å²) in [6.45, 7) is 0. The summed E-state index contributed by atoms with van der Waals surface area (Å²) in [6, 6.07) is 3.71. The van der Waals surface area contributed by atoms with Crippen molar-refractivity contribution in [3.8, 4) is 5.88 Å². The molecule has 0 amide bonds. The molecule has 0 saturated heterocycles. The van der Waals surface area contributed by atoms with Crippen LogP contribution in [0.5, 0.6) is 5.88 Å². The van der Waals surface area contributed by atoms with Crippen LogP contribution in [0.25, 0.3) is 0 Å². The molecule has 2 aromatic heterocycles. The highest BCUT2D eigenvalue weighted by Crippen LogP contribution is 2.15. The summed E-state index contributed by atoms with van der Waals surface area (Å²) in [7, 11) is 1.58. The maximum absolute atomic E-state index is 5.75. The van der Waals surface area contributed by atoms with Gasteiger partial charge in [0.15, 0.2) is 0 Å². The van der Waals surface area contributed by atoms with E-state index in [0.717, 1.165) is 11.1 Å². The Balaban J connectivity index is 2.19. The van der Waals surface area contributed by atoms with Gasteiger partial charge in [-0.15, -0.1) is 0 Å². The first kappa shape index (κ1) is 11.1. The lowest BCUT2D eigenvalue weighted by molar-refractivity contribution is 0.397. The van der Waals surface area contributed by atoms with E-state index >= 15 is 0 Å². The minimum Gasteiger partial charge on any atom is -0.481 e. The summed E-state index contributed by atoms with van der Waals surface area (Å²) in [5, 5.41) is 0. The summed E-state index contributed by atoms with van der Waals surface area (Å²) in [5.41, 5.74) is 13.0. The fraction of sp³-hybridized carbons (Fsp3) is 0.182. The minimum absolute atomic E-state index is 0.180. The molecule has 2 heterocycles. The molecule has 0 aromatic carbocycles. The molecule has 0 bridgehead atoms. The number of hydrogen-bond acceptors (Lipinski definition) is 6. The standard InChI is InChI=1S/C11H13N5O/c1-17-9-3-2-7(5-14-9)4-8-6-15-11(13)16-10(8)12/h2-3,5-6H,4H2,1H3,(H4,12,13,15,16). The smallest absolute Gasteiger partial charge is 0.221 e. The second-order valence-corrected chi connectivity index (χ2v) is 3.52. The largest absolute Gasteiger partial charge is 0.481 e. The first-order valence-corrected chi connectivity index (χ1v) is 5.05. The Kier molecular flexibility index (Phi) is 3.04. The Morgan fingerprint density at radius 2 is 2.00 bits per heavy atom. The highest BCUT2D eigenvalue weighted by Gasteiger charge is 2.04. The number of aromatic nitrogens is 3. The van der Waals surface area contributed by atoms with Gasteiger partial charge in [0.05, 0.1) is 7.11 Å². The molecule has 0 unspecified atom stereocenters. The topological polar surface area (TPSA) is 99.9 Å². The maximum atomic E-state index is 5.75. The van der Waals surface area contributed by atoms with E-state index < -0.39 is 0 Å². The zero-order valence-electron chi connectivity index (χ0n) is 9.42. The predicted molar refractivity (Wildman–Crippen MR) is 64.5 cm³/mol. The summed E-state index contributed by atoms with van der Waals surface area (Å²) >= 11 is 0. The van der Waals surface area contributed by atoms with Crippen molar-refractivity contribution in [3.05, 3.63) is 35.7 Å². The maximum Gasteiger partial charge on any atom is 0.221 e. The van der Waals surface area contributed by atoms with Crippen LogP contribution >= 0.6 is 0 Å². The number of anilines is 2. The number of nitrogen functional groups attached to an aromatic ring is 2. The van der Waals surface area contributed by atoms with E-state index in [1.807, 2.05) is 6.07 Å². The fourth-order valence-corrected chi connectivity index (χ4v) is 1.43. The van der Waals surface area contributed by atoms with Crippen molar-refractivity contribution in [3.63, 3.8) is 0 Å². The molecule has 0 aliphatic heterocycles. The van der Waals surface area contributed by atoms with Gasteiger partial charge in [-0.25, -0.2) is 9.97 Å². The molecule has 0 atom stereocenters. The Labute approximate surface area is 98.7 Å². The number of pyridine rings is 1. The molecule has 2 aromatic rings. The van der Waals surface area contributed by atoms with Crippen LogP contribution in [0.15, 0.2) is 24.5 Å². The molecule has 6 nitrogen and oxygen atoms in total. The van der Waals surface area contributed by atoms with E-state index in [0.29, 0.717) is 18.1 Å². The molecule has 0 aliphatic rings. The molecule has 88 valence electrons. The van der Waals surface area contributed by atoms with Crippen molar-refractivity contribution in [2.24, 2.45) is 0 Å². The van der Waals surface area contributed by atoms with Crippen molar-refractivity contribution in [1.82, 2.24) is 15.0 Å². The molecule has 0 aliphatic carbocycles. The van der Waals surface area contributed by atoms with Gasteiger partial charge in [-0.2, -0.15) is 4.98 Å². The van der Waals surface area contributed by atoms with Gasteiger partial charge in [0.1, 0.15) is 5.82 Å². The van der Waals surface area contributed by atoms with Crippen LogP contribution in [0.4, 0.5) is 11.8 Å². The number of rotatable bonds is 3. The number of ether oxygens (including phenoxy) is 1. The summed E-state index contributed by atoms with van der Waals surface area (Å²) in [5.74, 6) is 1.16. The van der Waals surface area contributed by atoms with Crippen molar-refractivity contribution in [1.29, 1.82) is 0 Å². The summed E-state index contributed by atoms with van der Waals surface area (Å²) < 4.78 is 4.98. The minimum atomic E-state index is 0.180. The van der Waals surface area contributed by atoms with Crippen molar-refractivity contribution >= 4 is 11.8 Å². The second-order valence-electron chi connectivity index (χ2n) is 3.52. The monoisotopic (exact) mass is 231 g/mol. The summed E-state index contributed by atoms with van der Waals surface area (Å²) in [6.07, 6.45) is 3.97. The van der Waals surface area contributed by atoms with E-state index in [1.165, 1.54) is 0 Å². The van der Waals surface area contributed by atoms with Crippen molar-refractivity contribution in [2.75, 3.05) is 18.6 Å². The highest BCUT2D eigenvalue weighted by molar-refractivity contribution is 5.43. The van der Waals surface area contributed by atoms with E-state index in [9.17, 15) is 0 Å². The van der Waals surface area contributed by atoms with Gasteiger partial charge in [-0.3, -0.25) is 0 Å². The van der Waals surface area contributed by atoms with Gasteiger partial charge in [-0.05, 0) is 5.56 Å². The zero-order chi connectivity index (χ0) is 12.3. The van der Waals surface area contributed by atoms with Gasteiger partial charge >= 0.3 is 0 Å². The third-order valence-corrected chi connectivity index (χ3v) is 2.32. The normalized spacial score (nSPS) is 10.2. The Morgan fingerprint density at radius 3 is 2.59 bits per heavy atom. The molecular formula is C11H13N5O. The highest BCUT2D eigenvalue weighted by atomic mass is 16.5. The predicted octanol–water partition coefficient (Wildman–Crippen LogP) is 0.635. The average molecular weight is 231 g/mol. The van der Waals surface area contributed by atoms with Gasteiger partial charge in [0, 0.05) is 30.4 Å². The number of nitrogens with zero attached hydrogens (tertiary/aromatic N) is 3. The van der Waals surface area contributed by atoms with Crippen LogP contribution < -0.4 is 16.2 Å². The fourth-order valence-electron chi connectivity index (χ4n) is 1.43. The molecule has 0 spiro atoms. The lowest BCUT2D eigenvalue weighted by Gasteiger charge is -2.05. The van der Waals surface area contributed by atoms with Crippen LogP contribution in [0, 0.1) is 0 Å². The molecule has 0 saturated carbocycles. The molecule has 0 fully saturated rings. The van der Waals surface area contributed by atoms with Crippen LogP contribution in [0.1, 0.15) is 11.1 Å². The molecule has 0 radical (unpaired) electrons. The van der Waals surface area contributed by atoms with Crippen molar-refractivity contribution in [2.45, 2.75) is 6.42 Å². The lowest BCUT2D eigenvalue weighted by Crippen LogP contribution is -2.04. The Bertz CT molecular complexity index is 512. The van der Waals surface area contributed by atoms with Crippen LogP contribution in [0.2, 0.25) is 0 Å². The Morgan fingerprint density at radius 1 is 1.18 bits per heavy atom. The van der Waals surface area contributed by atoms with E-state index in [4.69, 9.17) is 16.2 Å². The lowest BCUT2D eigenvalue weighted by atomic mass is 10.1. The molecule has 2 rings (SSSR count). The van der Waals surface area contributed by atoms with Gasteiger partial charge in [0.2, 0.25) is 11.8 Å². The zero-order valence-corrected chi connectivity index (χ0v) is 9.42. The Hall–Kier alpha value is -2.37. The quantitative estimate of drug-likeness (QED) is 0.803. The first-order valence-electron chi connectivity index (χ1n) is 5.05. The molecule has 17 heavy (non-hydrogen) atoms. The average Bonchev–Trinajstić information content (AvgIpc) is 2.34. The third-order valence-electron chi connectivity index (χ3n) is 2.32. The number of nitrogens with two attached hydrogens (primary N) is 2. The molecular weight excluding hydrogens is 218 g/mol. The van der Waals surface area contributed by atoms with Crippen LogP contribution in [-0.2, 0) is 6.42 Å². The van der Waals surface area contributed by atoms with Crippen LogP contribution in [-0.4, -0.2) is 22.1 Å². The van der Waals surface area contributed by atoms with Gasteiger partial charge in [-0.1, -0.05) is 6.07 Å². The van der Waals surface area contributed by atoms with E-state index in [1.54, 1.807) is 25.6 Å².